The minimum Gasteiger partial charge on any atom is -0.309 e. The zero-order chi connectivity index (χ0) is 17.6. The van der Waals surface area contributed by atoms with E-state index in [-0.39, 0.29) is 5.91 Å². The van der Waals surface area contributed by atoms with Gasteiger partial charge >= 0.3 is 0 Å². The number of aromatic nitrogens is 2. The summed E-state index contributed by atoms with van der Waals surface area (Å²) in [5.74, 6) is 0.474. The summed E-state index contributed by atoms with van der Waals surface area (Å²) in [6.07, 6.45) is 2.92. The lowest BCUT2D eigenvalue weighted by atomic mass is 10.1. The molecule has 1 aromatic heterocycles. The van der Waals surface area contributed by atoms with Gasteiger partial charge in [0.25, 0.3) is 0 Å². The molecule has 0 aliphatic heterocycles. The number of anilines is 1. The minimum atomic E-state index is -0.0568. The molecule has 2 aromatic carbocycles. The lowest BCUT2D eigenvalue weighted by molar-refractivity contribution is -0.116. The van der Waals surface area contributed by atoms with Crippen molar-refractivity contribution in [3.63, 3.8) is 0 Å². The van der Waals surface area contributed by atoms with Gasteiger partial charge in [-0.1, -0.05) is 59.6 Å². The number of carbonyl (C=O) groups is 1. The van der Waals surface area contributed by atoms with Crippen LogP contribution in [0.4, 0.5) is 5.82 Å². The summed E-state index contributed by atoms with van der Waals surface area (Å²) in [6.45, 7) is 0.510. The Labute approximate surface area is 156 Å². The molecule has 0 bridgehead atoms. The van der Waals surface area contributed by atoms with Crippen LogP contribution >= 0.6 is 23.2 Å². The standard InChI is InChI=1S/C19H17Cl2N3O/c20-16-8-7-15(17(21)12-16)13-24-11-10-18(23-24)22-19(25)9-6-14-4-2-1-3-5-14/h1-5,7-8,10-12H,6,9,13H2,(H,22,23,25). The first-order valence-electron chi connectivity index (χ1n) is 7.91. The average Bonchev–Trinajstić information content (AvgIpc) is 3.03. The molecule has 0 unspecified atom stereocenters. The Hall–Kier alpha value is -2.30. The van der Waals surface area contributed by atoms with E-state index in [9.17, 15) is 4.79 Å². The quantitative estimate of drug-likeness (QED) is 0.673. The van der Waals surface area contributed by atoms with Gasteiger partial charge in [-0.15, -0.1) is 0 Å². The molecular formula is C19H17Cl2N3O. The Kier molecular flexibility index (Phi) is 5.74. The van der Waals surface area contributed by atoms with Crippen LogP contribution in [0.5, 0.6) is 0 Å². The van der Waals surface area contributed by atoms with Gasteiger partial charge in [0.05, 0.1) is 6.54 Å². The molecule has 0 radical (unpaired) electrons. The highest BCUT2D eigenvalue weighted by atomic mass is 35.5. The van der Waals surface area contributed by atoms with Crippen molar-refractivity contribution in [2.75, 3.05) is 5.32 Å². The number of benzene rings is 2. The van der Waals surface area contributed by atoms with Gasteiger partial charge in [-0.3, -0.25) is 9.48 Å². The number of carbonyl (C=O) groups excluding carboxylic acids is 1. The van der Waals surface area contributed by atoms with Gasteiger partial charge in [0.2, 0.25) is 5.91 Å². The second kappa shape index (κ2) is 8.19. The van der Waals surface area contributed by atoms with Crippen molar-refractivity contribution in [1.82, 2.24) is 9.78 Å². The van der Waals surface area contributed by atoms with E-state index >= 15 is 0 Å². The number of halogens is 2. The number of nitrogens with zero attached hydrogens (tertiary/aromatic N) is 2. The van der Waals surface area contributed by atoms with Gasteiger partial charge in [0, 0.05) is 28.7 Å². The predicted octanol–water partition coefficient (Wildman–Crippen LogP) is 4.81. The Morgan fingerprint density at radius 1 is 1.08 bits per heavy atom. The van der Waals surface area contributed by atoms with Crippen LogP contribution in [0.15, 0.2) is 60.8 Å². The molecule has 0 spiro atoms. The maximum Gasteiger partial charge on any atom is 0.225 e. The van der Waals surface area contributed by atoms with Crippen LogP contribution in [0.3, 0.4) is 0 Å². The van der Waals surface area contributed by atoms with Crippen LogP contribution in [-0.4, -0.2) is 15.7 Å². The van der Waals surface area contributed by atoms with Gasteiger partial charge in [-0.05, 0) is 29.7 Å². The molecule has 1 N–H and O–H groups in total. The SMILES string of the molecule is O=C(CCc1ccccc1)Nc1ccn(Cc2ccc(Cl)cc2Cl)n1. The van der Waals surface area contributed by atoms with E-state index in [2.05, 4.69) is 10.4 Å². The number of rotatable bonds is 6. The first-order valence-corrected chi connectivity index (χ1v) is 8.67. The summed E-state index contributed by atoms with van der Waals surface area (Å²) < 4.78 is 1.72. The number of amides is 1. The van der Waals surface area contributed by atoms with Crippen LogP contribution in [0.2, 0.25) is 10.0 Å². The molecule has 3 aromatic rings. The maximum absolute atomic E-state index is 12.0. The number of nitrogens with one attached hydrogen (secondary N) is 1. The number of aryl methyl sites for hydroxylation is 1. The summed E-state index contributed by atoms with van der Waals surface area (Å²) in [7, 11) is 0. The van der Waals surface area contributed by atoms with Crippen molar-refractivity contribution >= 4 is 34.9 Å². The third kappa shape index (κ3) is 5.08. The van der Waals surface area contributed by atoms with E-state index in [4.69, 9.17) is 23.2 Å². The Morgan fingerprint density at radius 3 is 2.64 bits per heavy atom. The Bertz CT molecular complexity index is 862. The zero-order valence-corrected chi connectivity index (χ0v) is 15.0. The van der Waals surface area contributed by atoms with Crippen LogP contribution in [-0.2, 0) is 17.8 Å². The molecule has 4 nitrogen and oxygen atoms in total. The second-order valence-electron chi connectivity index (χ2n) is 5.67. The fraction of sp³-hybridized carbons (Fsp3) is 0.158. The van der Waals surface area contributed by atoms with E-state index in [0.29, 0.717) is 35.2 Å². The smallest absolute Gasteiger partial charge is 0.225 e. The summed E-state index contributed by atoms with van der Waals surface area (Å²) in [5, 5.41) is 8.37. The lowest BCUT2D eigenvalue weighted by Crippen LogP contribution is -2.13. The van der Waals surface area contributed by atoms with Gasteiger partial charge in [-0.2, -0.15) is 5.10 Å². The predicted molar refractivity (Wildman–Crippen MR) is 101 cm³/mol. The van der Waals surface area contributed by atoms with Gasteiger partial charge < -0.3 is 5.32 Å². The van der Waals surface area contributed by atoms with Crippen LogP contribution in [0, 0.1) is 0 Å². The van der Waals surface area contributed by atoms with Crippen molar-refractivity contribution in [3.8, 4) is 0 Å². The Balaban J connectivity index is 1.55. The number of hydrogen-bond acceptors (Lipinski definition) is 2. The molecule has 1 heterocycles. The van der Waals surface area contributed by atoms with Crippen LogP contribution in [0.1, 0.15) is 17.5 Å². The largest absolute Gasteiger partial charge is 0.309 e. The van der Waals surface area contributed by atoms with E-state index in [1.165, 1.54) is 0 Å². The third-order valence-electron chi connectivity index (χ3n) is 3.74. The topological polar surface area (TPSA) is 46.9 Å². The molecule has 3 rings (SSSR count). The fourth-order valence-corrected chi connectivity index (χ4v) is 2.92. The summed E-state index contributed by atoms with van der Waals surface area (Å²) in [5.41, 5.74) is 2.05. The van der Waals surface area contributed by atoms with Gasteiger partial charge in [0.15, 0.2) is 5.82 Å². The van der Waals surface area contributed by atoms with Gasteiger partial charge in [-0.25, -0.2) is 0 Å². The second-order valence-corrected chi connectivity index (χ2v) is 6.51. The normalized spacial score (nSPS) is 10.6. The van der Waals surface area contributed by atoms with Crippen molar-refractivity contribution in [1.29, 1.82) is 0 Å². The fourth-order valence-electron chi connectivity index (χ4n) is 2.45. The molecule has 0 saturated heterocycles. The van der Waals surface area contributed by atoms with Crippen molar-refractivity contribution in [2.45, 2.75) is 19.4 Å². The molecule has 0 aliphatic carbocycles. The summed E-state index contributed by atoms with van der Waals surface area (Å²) in [6, 6.07) is 17.0. The third-order valence-corrected chi connectivity index (χ3v) is 4.33. The van der Waals surface area contributed by atoms with Gasteiger partial charge in [0.1, 0.15) is 0 Å². The molecule has 0 fully saturated rings. The monoisotopic (exact) mass is 373 g/mol. The molecule has 0 saturated carbocycles. The van der Waals surface area contributed by atoms with E-state index < -0.39 is 0 Å². The lowest BCUT2D eigenvalue weighted by Gasteiger charge is -2.05. The summed E-state index contributed by atoms with van der Waals surface area (Å²) in [4.78, 5) is 12.0. The first-order chi connectivity index (χ1) is 12.1. The van der Waals surface area contributed by atoms with Crippen molar-refractivity contribution in [3.05, 3.63) is 82.0 Å². The minimum absolute atomic E-state index is 0.0568. The highest BCUT2D eigenvalue weighted by Crippen LogP contribution is 2.21. The first kappa shape index (κ1) is 17.5. The molecule has 0 atom stereocenters. The van der Waals surface area contributed by atoms with E-state index in [1.54, 1.807) is 29.1 Å². The highest BCUT2D eigenvalue weighted by Gasteiger charge is 2.07. The average molecular weight is 374 g/mol. The molecule has 1 amide bonds. The zero-order valence-electron chi connectivity index (χ0n) is 13.5. The molecule has 6 heteroatoms. The van der Waals surface area contributed by atoms with Crippen molar-refractivity contribution < 1.29 is 4.79 Å². The highest BCUT2D eigenvalue weighted by molar-refractivity contribution is 6.35. The van der Waals surface area contributed by atoms with E-state index in [1.807, 2.05) is 36.4 Å². The molecular weight excluding hydrogens is 357 g/mol. The van der Waals surface area contributed by atoms with Crippen molar-refractivity contribution in [2.24, 2.45) is 0 Å². The molecule has 25 heavy (non-hydrogen) atoms. The van der Waals surface area contributed by atoms with Crippen LogP contribution in [0.25, 0.3) is 0 Å². The summed E-state index contributed by atoms with van der Waals surface area (Å²) >= 11 is 12.1. The molecule has 0 aliphatic rings. The van der Waals surface area contributed by atoms with Crippen LogP contribution < -0.4 is 5.32 Å². The number of hydrogen-bond donors (Lipinski definition) is 1. The van der Waals surface area contributed by atoms with E-state index in [0.717, 1.165) is 11.1 Å². The molecule has 128 valence electrons. The maximum atomic E-state index is 12.0. The Morgan fingerprint density at radius 2 is 1.88 bits per heavy atom.